The van der Waals surface area contributed by atoms with E-state index in [-0.39, 0.29) is 17.7 Å². The summed E-state index contributed by atoms with van der Waals surface area (Å²) in [5.41, 5.74) is 0.971. The average molecular weight is 341 g/mol. The van der Waals surface area contributed by atoms with Crippen LogP contribution in [-0.4, -0.2) is 10.5 Å². The summed E-state index contributed by atoms with van der Waals surface area (Å²) >= 11 is 6.05. The van der Waals surface area contributed by atoms with Gasteiger partial charge in [0.25, 0.3) is 0 Å². The highest BCUT2D eigenvalue weighted by molar-refractivity contribution is 6.31. The van der Waals surface area contributed by atoms with E-state index in [0.717, 1.165) is 0 Å². The van der Waals surface area contributed by atoms with Gasteiger partial charge in [-0.3, -0.25) is 4.57 Å². The fourth-order valence-corrected chi connectivity index (χ4v) is 2.55. The topological polar surface area (TPSA) is 68.2 Å². The van der Waals surface area contributed by atoms with Gasteiger partial charge in [0.15, 0.2) is 0 Å². The van der Waals surface area contributed by atoms with Crippen molar-refractivity contribution in [3.05, 3.63) is 76.3 Å². The Hall–Kier alpha value is -2.97. The van der Waals surface area contributed by atoms with Crippen molar-refractivity contribution in [2.24, 2.45) is 0 Å². The molecule has 0 amide bonds. The third-order valence-corrected chi connectivity index (χ3v) is 3.91. The molecular weight excluding hydrogens is 328 g/mol. The van der Waals surface area contributed by atoms with E-state index in [1.54, 1.807) is 54.2 Å². The third kappa shape index (κ3) is 2.92. The molecule has 0 N–H and O–H groups in total. The highest BCUT2D eigenvalue weighted by atomic mass is 35.5. The van der Waals surface area contributed by atoms with Crippen LogP contribution >= 0.6 is 11.6 Å². The molecule has 0 aliphatic carbocycles. The second-order valence-corrected chi connectivity index (χ2v) is 5.49. The molecule has 120 valence electrons. The Morgan fingerprint density at radius 3 is 2.67 bits per heavy atom. The smallest absolute Gasteiger partial charge is 0.343 e. The monoisotopic (exact) mass is 340 g/mol. The van der Waals surface area contributed by atoms with Gasteiger partial charge < -0.3 is 9.15 Å². The van der Waals surface area contributed by atoms with Crippen LogP contribution in [0.2, 0.25) is 5.02 Å². The molecule has 3 rings (SSSR count). The fraction of sp³-hybridized carbons (Fsp3) is 0.111. The van der Waals surface area contributed by atoms with E-state index in [1.807, 2.05) is 12.1 Å². The average Bonchev–Trinajstić information content (AvgIpc) is 3.20. The van der Waals surface area contributed by atoms with Gasteiger partial charge in [0.1, 0.15) is 29.6 Å². The highest BCUT2D eigenvalue weighted by Crippen LogP contribution is 2.26. The molecule has 6 heteroatoms. The maximum Gasteiger partial charge on any atom is 0.343 e. The van der Waals surface area contributed by atoms with Crippen molar-refractivity contribution in [1.29, 1.82) is 5.26 Å². The molecule has 24 heavy (non-hydrogen) atoms. The van der Waals surface area contributed by atoms with Crippen LogP contribution in [0.1, 0.15) is 27.2 Å². The van der Waals surface area contributed by atoms with Gasteiger partial charge in [-0.05, 0) is 25.1 Å². The molecule has 2 aromatic heterocycles. The van der Waals surface area contributed by atoms with E-state index in [2.05, 4.69) is 0 Å². The van der Waals surface area contributed by atoms with E-state index in [1.165, 1.54) is 0 Å². The first-order valence-electron chi connectivity index (χ1n) is 7.19. The van der Waals surface area contributed by atoms with Crippen LogP contribution in [0.5, 0.6) is 0 Å². The van der Waals surface area contributed by atoms with Crippen LogP contribution < -0.4 is 0 Å². The molecule has 0 unspecified atom stereocenters. The van der Waals surface area contributed by atoms with Crippen molar-refractivity contribution in [2.75, 3.05) is 0 Å². The van der Waals surface area contributed by atoms with Gasteiger partial charge in [-0.25, -0.2) is 4.79 Å². The first-order valence-corrected chi connectivity index (χ1v) is 7.57. The lowest BCUT2D eigenvalue weighted by Crippen LogP contribution is -2.08. The van der Waals surface area contributed by atoms with Crippen molar-refractivity contribution in [2.45, 2.75) is 13.5 Å². The van der Waals surface area contributed by atoms with Crippen LogP contribution in [-0.2, 0) is 11.3 Å². The second kappa shape index (κ2) is 6.65. The number of ether oxygens (including phenoxy) is 1. The molecule has 2 heterocycles. The lowest BCUT2D eigenvalue weighted by atomic mass is 10.1. The van der Waals surface area contributed by atoms with E-state index >= 15 is 0 Å². The van der Waals surface area contributed by atoms with Crippen LogP contribution in [0.15, 0.2) is 53.2 Å². The van der Waals surface area contributed by atoms with Crippen molar-refractivity contribution in [3.63, 3.8) is 0 Å². The normalized spacial score (nSPS) is 10.4. The Bertz CT molecular complexity index is 920. The molecule has 0 saturated heterocycles. The number of rotatable bonds is 4. The summed E-state index contributed by atoms with van der Waals surface area (Å²) in [4.78, 5) is 12.4. The van der Waals surface area contributed by atoms with Crippen LogP contribution in [0.4, 0.5) is 0 Å². The molecule has 0 atom stereocenters. The Kier molecular flexibility index (Phi) is 4.41. The van der Waals surface area contributed by atoms with Crippen molar-refractivity contribution < 1.29 is 13.9 Å². The van der Waals surface area contributed by atoms with E-state index in [0.29, 0.717) is 22.2 Å². The molecule has 0 radical (unpaired) electrons. The molecule has 0 saturated carbocycles. The lowest BCUT2D eigenvalue weighted by Gasteiger charge is -2.06. The quantitative estimate of drug-likeness (QED) is 0.665. The minimum atomic E-state index is -0.619. The number of aromatic nitrogens is 1. The molecule has 0 aliphatic heterocycles. The van der Waals surface area contributed by atoms with Gasteiger partial charge in [-0.2, -0.15) is 5.26 Å². The van der Waals surface area contributed by atoms with E-state index in [9.17, 15) is 10.1 Å². The summed E-state index contributed by atoms with van der Waals surface area (Å²) in [6.07, 6.45) is 3.47. The third-order valence-electron chi connectivity index (χ3n) is 3.54. The number of halogens is 1. The summed E-state index contributed by atoms with van der Waals surface area (Å²) in [5, 5.41) is 9.95. The number of furan rings is 1. The number of hydrogen-bond acceptors (Lipinski definition) is 4. The standard InChI is InChI=1S/C18H13ClN2O3/c1-12-16(14(10-20)17(24-12)21-8-4-5-9-21)18(22)23-11-13-6-2-3-7-15(13)19/h2-9H,11H2,1H3. The lowest BCUT2D eigenvalue weighted by molar-refractivity contribution is 0.0470. The van der Waals surface area contributed by atoms with Gasteiger partial charge in [-0.15, -0.1) is 0 Å². The summed E-state index contributed by atoms with van der Waals surface area (Å²) < 4.78 is 12.5. The first kappa shape index (κ1) is 15.9. The number of nitriles is 1. The van der Waals surface area contributed by atoms with Crippen LogP contribution in [0, 0.1) is 18.3 Å². The van der Waals surface area contributed by atoms with Crippen molar-refractivity contribution in [3.8, 4) is 12.0 Å². The maximum absolute atomic E-state index is 12.4. The molecule has 5 nitrogen and oxygen atoms in total. The van der Waals surface area contributed by atoms with Gasteiger partial charge in [0.2, 0.25) is 5.88 Å². The number of benzene rings is 1. The van der Waals surface area contributed by atoms with E-state index in [4.69, 9.17) is 20.8 Å². The van der Waals surface area contributed by atoms with Gasteiger partial charge >= 0.3 is 5.97 Å². The number of aryl methyl sites for hydroxylation is 1. The summed E-state index contributed by atoms with van der Waals surface area (Å²) in [6, 6.07) is 12.7. The zero-order valence-electron chi connectivity index (χ0n) is 12.8. The Labute approximate surface area is 143 Å². The number of esters is 1. The largest absolute Gasteiger partial charge is 0.457 e. The highest BCUT2D eigenvalue weighted by Gasteiger charge is 2.25. The maximum atomic E-state index is 12.4. The van der Waals surface area contributed by atoms with Gasteiger partial charge in [-0.1, -0.05) is 29.8 Å². The predicted molar refractivity (Wildman–Crippen MR) is 88.1 cm³/mol. The second-order valence-electron chi connectivity index (χ2n) is 5.08. The Morgan fingerprint density at radius 1 is 1.29 bits per heavy atom. The minimum absolute atomic E-state index is 0.0207. The van der Waals surface area contributed by atoms with Gasteiger partial charge in [0.05, 0.1) is 0 Å². The fourth-order valence-electron chi connectivity index (χ4n) is 2.36. The molecular formula is C18H13ClN2O3. The first-order chi connectivity index (χ1) is 11.6. The van der Waals surface area contributed by atoms with E-state index < -0.39 is 5.97 Å². The predicted octanol–water partition coefficient (Wildman–Crippen LogP) is 4.26. The summed E-state index contributed by atoms with van der Waals surface area (Å²) in [6.45, 7) is 1.65. The van der Waals surface area contributed by atoms with Crippen LogP contribution in [0.3, 0.4) is 0 Å². The van der Waals surface area contributed by atoms with Crippen molar-refractivity contribution >= 4 is 17.6 Å². The Morgan fingerprint density at radius 2 is 2.00 bits per heavy atom. The molecule has 3 aromatic rings. The SMILES string of the molecule is Cc1oc(-n2cccc2)c(C#N)c1C(=O)OCc1ccccc1Cl. The zero-order valence-corrected chi connectivity index (χ0v) is 13.6. The summed E-state index contributed by atoms with van der Waals surface area (Å²) in [7, 11) is 0. The van der Waals surface area contributed by atoms with Crippen molar-refractivity contribution in [1.82, 2.24) is 4.57 Å². The van der Waals surface area contributed by atoms with Crippen LogP contribution in [0.25, 0.3) is 5.88 Å². The number of nitrogens with zero attached hydrogens (tertiary/aromatic N) is 2. The summed E-state index contributed by atoms with van der Waals surface area (Å²) in [5.74, 6) is 0.00947. The van der Waals surface area contributed by atoms with Gasteiger partial charge in [0, 0.05) is 23.0 Å². The molecule has 1 aromatic carbocycles. The number of carbonyl (C=O) groups excluding carboxylic acids is 1. The molecule has 0 bridgehead atoms. The molecule has 0 fully saturated rings. The zero-order chi connectivity index (χ0) is 17.1. The number of carbonyl (C=O) groups is 1. The molecule has 0 aliphatic rings. The molecule has 0 spiro atoms. The minimum Gasteiger partial charge on any atom is -0.457 e. The Balaban J connectivity index is 1.88. The number of hydrogen-bond donors (Lipinski definition) is 0.